The Morgan fingerprint density at radius 2 is 1.84 bits per heavy atom. The monoisotopic (exact) mass is 519 g/mol. The van der Waals surface area contributed by atoms with Gasteiger partial charge < -0.3 is 15.2 Å². The van der Waals surface area contributed by atoms with Crippen LogP contribution in [0.4, 0.5) is 24.7 Å². The topological polar surface area (TPSA) is 91.0 Å². The molecule has 0 radical (unpaired) electrons. The van der Waals surface area contributed by atoms with Crippen molar-refractivity contribution in [1.29, 1.82) is 0 Å². The number of benzene rings is 2. The molecule has 2 aliphatic rings. The summed E-state index contributed by atoms with van der Waals surface area (Å²) < 4.78 is 41.6. The van der Waals surface area contributed by atoms with Crippen LogP contribution < -0.4 is 10.9 Å². The van der Waals surface area contributed by atoms with Gasteiger partial charge in [-0.3, -0.25) is 9.59 Å². The molecule has 0 spiro atoms. The van der Waals surface area contributed by atoms with Crippen LogP contribution in [-0.2, 0) is 17.9 Å². The first-order valence-electron chi connectivity index (χ1n) is 12.5. The lowest BCUT2D eigenvalue weighted by molar-refractivity contribution is -0.140. The molecule has 3 heterocycles. The van der Waals surface area contributed by atoms with Crippen LogP contribution >= 0.6 is 0 Å². The number of carbonyl (C=O) groups is 1. The summed E-state index contributed by atoms with van der Waals surface area (Å²) in [5, 5.41) is 4.19. The zero-order valence-electron chi connectivity index (χ0n) is 20.3. The number of pyridine rings is 1. The first-order chi connectivity index (χ1) is 18.3. The normalized spacial score (nSPS) is 17.0. The minimum Gasteiger partial charge on any atom is -0.338 e. The Balaban J connectivity index is 1.20. The van der Waals surface area contributed by atoms with Crippen LogP contribution in [0.2, 0.25) is 0 Å². The van der Waals surface area contributed by atoms with Gasteiger partial charge in [0.1, 0.15) is 0 Å². The molecule has 194 valence electrons. The standard InChI is InChI=1S/C28H24F3N5O2/c29-23-13-33-24(35-25(23)34-21-3-4-22-17(12-21)7-10-32-26(22)37)18-1-2-19-14-36(15-20(19)11-18)27(38)16-5-8-28(30,31)9-6-16/h1-4,7,10-13,16H,5-6,8-9,14-15H2,(H,32,37)(H,33,34,35). The number of alkyl halides is 2. The number of H-pyrrole nitrogens is 1. The maximum atomic E-state index is 14.6. The minimum absolute atomic E-state index is 0.00871. The number of aromatic amines is 1. The number of hydrogen-bond acceptors (Lipinski definition) is 5. The highest BCUT2D eigenvalue weighted by Gasteiger charge is 2.39. The van der Waals surface area contributed by atoms with Gasteiger partial charge in [0.25, 0.3) is 5.56 Å². The molecule has 7 nitrogen and oxygen atoms in total. The van der Waals surface area contributed by atoms with E-state index in [2.05, 4.69) is 20.3 Å². The molecular formula is C28H24F3N5O2. The van der Waals surface area contributed by atoms with Crippen LogP contribution in [0.5, 0.6) is 0 Å². The van der Waals surface area contributed by atoms with Crippen molar-refractivity contribution in [2.45, 2.75) is 44.7 Å². The zero-order chi connectivity index (χ0) is 26.4. The smallest absolute Gasteiger partial charge is 0.255 e. The lowest BCUT2D eigenvalue weighted by Gasteiger charge is -2.30. The molecule has 6 rings (SSSR count). The second-order valence-electron chi connectivity index (χ2n) is 9.93. The van der Waals surface area contributed by atoms with Crippen molar-refractivity contribution in [3.05, 3.63) is 82.2 Å². The van der Waals surface area contributed by atoms with Gasteiger partial charge >= 0.3 is 0 Å². The Bertz CT molecular complexity index is 1610. The molecule has 38 heavy (non-hydrogen) atoms. The molecule has 4 aromatic rings. The molecule has 0 saturated heterocycles. The van der Waals surface area contributed by atoms with Crippen LogP contribution in [-0.4, -0.2) is 31.7 Å². The molecule has 1 aliphatic carbocycles. The van der Waals surface area contributed by atoms with Gasteiger partial charge in [0.2, 0.25) is 11.8 Å². The highest BCUT2D eigenvalue weighted by Crippen LogP contribution is 2.38. The summed E-state index contributed by atoms with van der Waals surface area (Å²) in [4.78, 5) is 37.8. The van der Waals surface area contributed by atoms with Gasteiger partial charge in [0.15, 0.2) is 17.5 Å². The van der Waals surface area contributed by atoms with Crippen molar-refractivity contribution in [3.63, 3.8) is 0 Å². The van der Waals surface area contributed by atoms with Crippen molar-refractivity contribution in [2.24, 2.45) is 5.92 Å². The number of hydrogen-bond donors (Lipinski definition) is 2. The van der Waals surface area contributed by atoms with Gasteiger partial charge in [-0.25, -0.2) is 23.1 Å². The van der Waals surface area contributed by atoms with Gasteiger partial charge in [-0.15, -0.1) is 0 Å². The van der Waals surface area contributed by atoms with Crippen molar-refractivity contribution in [3.8, 4) is 11.4 Å². The molecule has 2 aromatic heterocycles. The zero-order valence-corrected chi connectivity index (χ0v) is 20.3. The minimum atomic E-state index is -2.67. The summed E-state index contributed by atoms with van der Waals surface area (Å²) in [5.41, 5.74) is 2.94. The van der Waals surface area contributed by atoms with Crippen molar-refractivity contribution >= 4 is 28.2 Å². The first-order valence-corrected chi connectivity index (χ1v) is 12.5. The molecule has 0 unspecified atom stereocenters. The van der Waals surface area contributed by atoms with Gasteiger partial charge in [0.05, 0.1) is 6.20 Å². The van der Waals surface area contributed by atoms with Crippen LogP contribution in [0.3, 0.4) is 0 Å². The van der Waals surface area contributed by atoms with Crippen LogP contribution in [0, 0.1) is 11.7 Å². The molecule has 0 bridgehead atoms. The Labute approximate surface area is 215 Å². The van der Waals surface area contributed by atoms with Gasteiger partial charge in [0, 0.05) is 54.7 Å². The third-order valence-corrected chi connectivity index (χ3v) is 7.35. The molecule has 2 N–H and O–H groups in total. The van der Waals surface area contributed by atoms with E-state index < -0.39 is 11.7 Å². The van der Waals surface area contributed by atoms with Gasteiger partial charge in [-0.1, -0.05) is 12.1 Å². The summed E-state index contributed by atoms with van der Waals surface area (Å²) >= 11 is 0. The summed E-state index contributed by atoms with van der Waals surface area (Å²) in [5.74, 6) is -3.45. The van der Waals surface area contributed by atoms with E-state index in [-0.39, 0.29) is 48.9 Å². The molecule has 1 fully saturated rings. The average molecular weight is 520 g/mol. The predicted molar refractivity (Wildman–Crippen MR) is 136 cm³/mol. The van der Waals surface area contributed by atoms with E-state index >= 15 is 0 Å². The fraction of sp³-hybridized carbons (Fsp3) is 0.286. The van der Waals surface area contributed by atoms with E-state index in [1.165, 1.54) is 0 Å². The van der Waals surface area contributed by atoms with E-state index in [1.807, 2.05) is 18.2 Å². The molecule has 0 atom stereocenters. The second kappa shape index (κ2) is 9.27. The number of nitrogens with zero attached hydrogens (tertiary/aromatic N) is 3. The molecule has 1 aliphatic heterocycles. The summed E-state index contributed by atoms with van der Waals surface area (Å²) in [6, 6.07) is 12.4. The van der Waals surface area contributed by atoms with E-state index in [9.17, 15) is 22.8 Å². The highest BCUT2D eigenvalue weighted by molar-refractivity contribution is 5.85. The maximum Gasteiger partial charge on any atom is 0.255 e. The Morgan fingerprint density at radius 3 is 2.66 bits per heavy atom. The molecule has 10 heteroatoms. The molecule has 1 amide bonds. The number of fused-ring (bicyclic) bond motifs is 2. The van der Waals surface area contributed by atoms with E-state index in [1.54, 1.807) is 35.4 Å². The predicted octanol–water partition coefficient (Wildman–Crippen LogP) is 5.54. The summed E-state index contributed by atoms with van der Waals surface area (Å²) in [7, 11) is 0. The van der Waals surface area contributed by atoms with Crippen LogP contribution in [0.25, 0.3) is 22.2 Å². The van der Waals surface area contributed by atoms with E-state index in [4.69, 9.17) is 0 Å². The molecule has 1 saturated carbocycles. The molecule has 2 aromatic carbocycles. The Morgan fingerprint density at radius 1 is 1.05 bits per heavy atom. The number of nitrogens with one attached hydrogen (secondary N) is 2. The lowest BCUT2D eigenvalue weighted by Crippen LogP contribution is -2.36. The fourth-order valence-corrected chi connectivity index (χ4v) is 5.24. The molecular weight excluding hydrogens is 495 g/mol. The second-order valence-corrected chi connectivity index (χ2v) is 9.93. The number of rotatable bonds is 4. The first kappa shape index (κ1) is 24.1. The number of carbonyl (C=O) groups excluding carboxylic acids is 1. The highest BCUT2D eigenvalue weighted by atomic mass is 19.3. The number of halogens is 3. The van der Waals surface area contributed by atoms with E-state index in [0.717, 1.165) is 17.3 Å². The fourth-order valence-electron chi connectivity index (χ4n) is 5.24. The average Bonchev–Trinajstić information content (AvgIpc) is 3.33. The Hall–Kier alpha value is -4.21. The van der Waals surface area contributed by atoms with Crippen LogP contribution in [0.15, 0.2) is 59.7 Å². The number of anilines is 2. The van der Waals surface area contributed by atoms with Gasteiger partial charge in [-0.05, 0) is 59.7 Å². The summed E-state index contributed by atoms with van der Waals surface area (Å²) in [6.07, 6.45) is 2.56. The van der Waals surface area contributed by atoms with E-state index in [0.29, 0.717) is 40.9 Å². The largest absolute Gasteiger partial charge is 0.338 e. The van der Waals surface area contributed by atoms with Gasteiger partial charge in [-0.2, -0.15) is 0 Å². The van der Waals surface area contributed by atoms with Crippen molar-refractivity contribution in [1.82, 2.24) is 19.9 Å². The van der Waals surface area contributed by atoms with Crippen molar-refractivity contribution < 1.29 is 18.0 Å². The quantitative estimate of drug-likeness (QED) is 0.370. The van der Waals surface area contributed by atoms with Crippen molar-refractivity contribution in [2.75, 3.05) is 5.32 Å². The number of amides is 1. The SMILES string of the molecule is O=C(C1CCC(F)(F)CC1)N1Cc2ccc(-c3ncc(F)c(Nc4ccc5c(=O)[nH]ccc5c4)n3)cc2C1. The number of aromatic nitrogens is 3. The lowest BCUT2D eigenvalue weighted by atomic mass is 9.86. The maximum absolute atomic E-state index is 14.6. The third kappa shape index (κ3) is 4.62. The van der Waals surface area contributed by atoms with Crippen LogP contribution in [0.1, 0.15) is 36.8 Å². The Kier molecular flexibility index (Phi) is 5.89. The summed E-state index contributed by atoms with van der Waals surface area (Å²) in [6.45, 7) is 0.820. The third-order valence-electron chi connectivity index (χ3n) is 7.35.